The van der Waals surface area contributed by atoms with Crippen molar-refractivity contribution in [2.45, 2.75) is 52.5 Å². The third-order valence-corrected chi connectivity index (χ3v) is 4.79. The van der Waals surface area contributed by atoms with Gasteiger partial charge < -0.3 is 15.1 Å². The highest BCUT2D eigenvalue weighted by Crippen LogP contribution is 2.15. The molecule has 1 aliphatic heterocycles. The van der Waals surface area contributed by atoms with Crippen LogP contribution in [0.1, 0.15) is 51.2 Å². The summed E-state index contributed by atoms with van der Waals surface area (Å²) in [6, 6.07) is 8.67. The Balaban J connectivity index is 1.84. The summed E-state index contributed by atoms with van der Waals surface area (Å²) < 4.78 is 0. The fraction of sp³-hybridized carbons (Fsp3) is 0.600. The number of amides is 3. The smallest absolute Gasteiger partial charge is 0.317 e. The number of benzene rings is 1. The first kappa shape index (κ1) is 19.3. The van der Waals surface area contributed by atoms with E-state index in [1.54, 1.807) is 6.92 Å². The molecule has 1 fully saturated rings. The van der Waals surface area contributed by atoms with Gasteiger partial charge in [0.2, 0.25) is 5.91 Å². The second-order valence-electron chi connectivity index (χ2n) is 7.30. The maximum Gasteiger partial charge on any atom is 0.317 e. The Morgan fingerprint density at radius 2 is 1.60 bits per heavy atom. The zero-order valence-electron chi connectivity index (χ0n) is 15.9. The Hall–Kier alpha value is -2.04. The number of nitrogens with zero attached hydrogens (tertiary/aromatic N) is 2. The van der Waals surface area contributed by atoms with E-state index in [1.165, 1.54) is 11.1 Å². The minimum absolute atomic E-state index is 0.0308. The molecule has 2 rings (SSSR count). The van der Waals surface area contributed by atoms with Crippen LogP contribution in [0.5, 0.6) is 0 Å². The van der Waals surface area contributed by atoms with Crippen LogP contribution in [-0.2, 0) is 11.2 Å². The topological polar surface area (TPSA) is 52.7 Å². The predicted octanol–water partition coefficient (Wildman–Crippen LogP) is 3.00. The van der Waals surface area contributed by atoms with Crippen molar-refractivity contribution >= 4 is 11.9 Å². The normalized spacial score (nSPS) is 16.5. The van der Waals surface area contributed by atoms with E-state index in [0.717, 1.165) is 19.4 Å². The maximum atomic E-state index is 12.5. The van der Waals surface area contributed by atoms with Gasteiger partial charge in [-0.2, -0.15) is 0 Å². The lowest BCUT2D eigenvalue weighted by Gasteiger charge is -2.24. The van der Waals surface area contributed by atoms with E-state index in [2.05, 4.69) is 43.4 Å². The van der Waals surface area contributed by atoms with E-state index in [4.69, 9.17) is 0 Å². The first-order valence-electron chi connectivity index (χ1n) is 9.26. The van der Waals surface area contributed by atoms with Crippen molar-refractivity contribution in [3.05, 3.63) is 35.4 Å². The van der Waals surface area contributed by atoms with Crippen molar-refractivity contribution in [1.82, 2.24) is 15.1 Å². The maximum absolute atomic E-state index is 12.5. The third kappa shape index (κ3) is 5.76. The molecule has 1 saturated heterocycles. The van der Waals surface area contributed by atoms with Crippen LogP contribution < -0.4 is 5.32 Å². The Kier molecular flexibility index (Phi) is 6.85. The number of nitrogens with one attached hydrogen (secondary N) is 1. The van der Waals surface area contributed by atoms with Crippen LogP contribution in [0.3, 0.4) is 0 Å². The molecule has 0 aliphatic carbocycles. The third-order valence-electron chi connectivity index (χ3n) is 4.79. The van der Waals surface area contributed by atoms with E-state index < -0.39 is 0 Å². The molecule has 1 aromatic carbocycles. The molecule has 25 heavy (non-hydrogen) atoms. The van der Waals surface area contributed by atoms with Crippen molar-refractivity contribution in [1.29, 1.82) is 0 Å². The van der Waals surface area contributed by atoms with Crippen LogP contribution in [0, 0.1) is 0 Å². The van der Waals surface area contributed by atoms with Gasteiger partial charge in [0.1, 0.15) is 0 Å². The highest BCUT2D eigenvalue weighted by molar-refractivity contribution is 5.75. The van der Waals surface area contributed by atoms with E-state index in [9.17, 15) is 9.59 Å². The molecule has 1 N–H and O–H groups in total. The van der Waals surface area contributed by atoms with Gasteiger partial charge in [0.15, 0.2) is 0 Å². The van der Waals surface area contributed by atoms with Crippen LogP contribution in [-0.4, -0.2) is 54.0 Å². The monoisotopic (exact) mass is 345 g/mol. The number of urea groups is 1. The molecular weight excluding hydrogens is 314 g/mol. The standard InChI is InChI=1S/C20H31N3O2/c1-15(2)19-8-6-18(7-9-19)14-16(3)21-20(25)23-11-5-10-22(12-13-23)17(4)24/h6-9,15-16H,5,10-14H2,1-4H3,(H,21,25). The molecule has 1 aliphatic rings. The summed E-state index contributed by atoms with van der Waals surface area (Å²) in [5, 5.41) is 3.09. The molecule has 138 valence electrons. The van der Waals surface area contributed by atoms with E-state index in [-0.39, 0.29) is 18.0 Å². The van der Waals surface area contributed by atoms with Gasteiger partial charge in [-0.1, -0.05) is 38.1 Å². The summed E-state index contributed by atoms with van der Waals surface area (Å²) in [4.78, 5) is 27.6. The molecule has 1 aromatic rings. The summed E-state index contributed by atoms with van der Waals surface area (Å²) >= 11 is 0. The lowest BCUT2D eigenvalue weighted by Crippen LogP contribution is -2.46. The summed E-state index contributed by atoms with van der Waals surface area (Å²) in [7, 11) is 0. The zero-order valence-corrected chi connectivity index (χ0v) is 15.9. The van der Waals surface area contributed by atoms with Gasteiger partial charge in [-0.3, -0.25) is 4.79 Å². The number of carbonyl (C=O) groups is 2. The van der Waals surface area contributed by atoms with Crippen LogP contribution in [0.25, 0.3) is 0 Å². The molecule has 0 aromatic heterocycles. The van der Waals surface area contributed by atoms with Crippen molar-refractivity contribution in [3.8, 4) is 0 Å². The lowest BCUT2D eigenvalue weighted by atomic mass is 9.99. The fourth-order valence-corrected chi connectivity index (χ4v) is 3.18. The van der Waals surface area contributed by atoms with Crippen molar-refractivity contribution in [2.75, 3.05) is 26.2 Å². The van der Waals surface area contributed by atoms with Crippen LogP contribution in [0.4, 0.5) is 4.79 Å². The van der Waals surface area contributed by atoms with Crippen LogP contribution >= 0.6 is 0 Å². The molecule has 5 nitrogen and oxygen atoms in total. The van der Waals surface area contributed by atoms with Gasteiger partial charge >= 0.3 is 6.03 Å². The molecule has 1 atom stereocenters. The molecule has 1 unspecified atom stereocenters. The summed E-state index contributed by atoms with van der Waals surface area (Å²) in [6.07, 6.45) is 1.65. The molecular formula is C20H31N3O2. The number of carbonyl (C=O) groups excluding carboxylic acids is 2. The molecule has 0 bridgehead atoms. The summed E-state index contributed by atoms with van der Waals surface area (Å²) in [5.74, 6) is 0.615. The van der Waals surface area contributed by atoms with Crippen LogP contribution in [0.2, 0.25) is 0 Å². The van der Waals surface area contributed by atoms with Crippen LogP contribution in [0.15, 0.2) is 24.3 Å². The first-order chi connectivity index (χ1) is 11.9. The highest BCUT2D eigenvalue weighted by Gasteiger charge is 2.21. The SMILES string of the molecule is CC(=O)N1CCCN(C(=O)NC(C)Cc2ccc(C(C)C)cc2)CC1. The van der Waals surface area contributed by atoms with Gasteiger partial charge in [0, 0.05) is 39.1 Å². The number of rotatable bonds is 4. The molecule has 5 heteroatoms. The van der Waals surface area contributed by atoms with Gasteiger partial charge in [-0.25, -0.2) is 4.79 Å². The van der Waals surface area contributed by atoms with E-state index in [0.29, 0.717) is 25.6 Å². The van der Waals surface area contributed by atoms with E-state index in [1.807, 2.05) is 16.7 Å². The molecule has 0 radical (unpaired) electrons. The van der Waals surface area contributed by atoms with E-state index >= 15 is 0 Å². The van der Waals surface area contributed by atoms with Crippen molar-refractivity contribution < 1.29 is 9.59 Å². The quantitative estimate of drug-likeness (QED) is 0.912. The Bertz CT molecular complexity index is 583. The molecule has 1 heterocycles. The molecule has 0 spiro atoms. The van der Waals surface area contributed by atoms with Gasteiger partial charge in [0.25, 0.3) is 0 Å². The Morgan fingerprint density at radius 1 is 1.00 bits per heavy atom. The Labute approximate surface area is 151 Å². The minimum Gasteiger partial charge on any atom is -0.341 e. The average molecular weight is 345 g/mol. The highest BCUT2D eigenvalue weighted by atomic mass is 16.2. The molecule has 0 saturated carbocycles. The average Bonchev–Trinajstić information content (AvgIpc) is 2.81. The largest absolute Gasteiger partial charge is 0.341 e. The van der Waals surface area contributed by atoms with Gasteiger partial charge in [-0.15, -0.1) is 0 Å². The van der Waals surface area contributed by atoms with Crippen molar-refractivity contribution in [3.63, 3.8) is 0 Å². The van der Waals surface area contributed by atoms with Gasteiger partial charge in [0.05, 0.1) is 0 Å². The van der Waals surface area contributed by atoms with Crippen molar-refractivity contribution in [2.24, 2.45) is 0 Å². The number of hydrogen-bond donors (Lipinski definition) is 1. The lowest BCUT2D eigenvalue weighted by molar-refractivity contribution is -0.128. The Morgan fingerprint density at radius 3 is 2.20 bits per heavy atom. The zero-order chi connectivity index (χ0) is 18.4. The second-order valence-corrected chi connectivity index (χ2v) is 7.30. The summed E-state index contributed by atoms with van der Waals surface area (Å²) in [5.41, 5.74) is 2.57. The first-order valence-corrected chi connectivity index (χ1v) is 9.26. The number of hydrogen-bond acceptors (Lipinski definition) is 2. The van der Waals surface area contributed by atoms with Gasteiger partial charge in [-0.05, 0) is 36.8 Å². The minimum atomic E-state index is -0.0308. The molecule has 3 amide bonds. The fourth-order valence-electron chi connectivity index (χ4n) is 3.18. The second kappa shape index (κ2) is 8.88. The summed E-state index contributed by atoms with van der Waals surface area (Å²) in [6.45, 7) is 10.6. The predicted molar refractivity (Wildman–Crippen MR) is 101 cm³/mol.